The molecule has 1 aromatic carbocycles. The first-order chi connectivity index (χ1) is 8.19. The van der Waals surface area contributed by atoms with Gasteiger partial charge in [-0.3, -0.25) is 0 Å². The number of carbonyl (C=O) groups is 1. The molecule has 0 saturated carbocycles. The Balaban J connectivity index is 2.73. The van der Waals surface area contributed by atoms with Crippen LogP contribution in [0.4, 0.5) is 4.79 Å². The monoisotopic (exact) mass is 313 g/mol. The lowest BCUT2D eigenvalue weighted by Gasteiger charge is -2.22. The summed E-state index contributed by atoms with van der Waals surface area (Å²) >= 11 is 3.49. The summed E-state index contributed by atoms with van der Waals surface area (Å²) in [5.74, 6) is 0. The van der Waals surface area contributed by atoms with E-state index >= 15 is 0 Å². The number of benzene rings is 1. The second-order valence-electron chi connectivity index (χ2n) is 5.39. The van der Waals surface area contributed by atoms with E-state index in [4.69, 9.17) is 4.74 Å². The molecule has 0 radical (unpaired) electrons. The number of ether oxygens (including phenoxy) is 1. The van der Waals surface area contributed by atoms with Gasteiger partial charge >= 0.3 is 6.09 Å². The minimum Gasteiger partial charge on any atom is -0.444 e. The fourth-order valence-corrected chi connectivity index (χ4v) is 2.15. The Bertz CT molecular complexity index is 438. The van der Waals surface area contributed by atoms with Crippen molar-refractivity contribution in [2.75, 3.05) is 0 Å². The average Bonchev–Trinajstić information content (AvgIpc) is 2.18. The van der Waals surface area contributed by atoms with Gasteiger partial charge in [0.1, 0.15) is 5.60 Å². The topological polar surface area (TPSA) is 38.3 Å². The molecule has 0 aromatic heterocycles. The van der Waals surface area contributed by atoms with E-state index in [1.54, 1.807) is 0 Å². The number of carbonyl (C=O) groups excluding carboxylic acids is 1. The zero-order chi connectivity index (χ0) is 13.9. The minimum absolute atomic E-state index is 0.103. The van der Waals surface area contributed by atoms with Crippen molar-refractivity contribution < 1.29 is 9.53 Å². The van der Waals surface area contributed by atoms with E-state index in [1.165, 1.54) is 0 Å². The number of alkyl carbamates (subject to hydrolysis) is 1. The highest BCUT2D eigenvalue weighted by Gasteiger charge is 2.19. The molecule has 18 heavy (non-hydrogen) atoms. The molecule has 0 bridgehead atoms. The van der Waals surface area contributed by atoms with E-state index < -0.39 is 11.7 Å². The van der Waals surface area contributed by atoms with Gasteiger partial charge in [-0.25, -0.2) is 4.79 Å². The van der Waals surface area contributed by atoms with Crippen molar-refractivity contribution in [2.24, 2.45) is 0 Å². The molecule has 1 atom stereocenters. The third-order valence-electron chi connectivity index (χ3n) is 2.35. The number of nitrogens with one attached hydrogen (secondary N) is 1. The van der Waals surface area contributed by atoms with Gasteiger partial charge in [0.2, 0.25) is 0 Å². The summed E-state index contributed by atoms with van der Waals surface area (Å²) < 4.78 is 6.22. The first-order valence-electron chi connectivity index (χ1n) is 5.94. The smallest absolute Gasteiger partial charge is 0.408 e. The minimum atomic E-state index is -0.479. The molecule has 0 heterocycles. The predicted octanol–water partition coefficient (Wildman–Crippen LogP) is 4.34. The van der Waals surface area contributed by atoms with E-state index in [1.807, 2.05) is 52.8 Å². The Hall–Kier alpha value is -1.03. The molecular formula is C14H20BrNO2. The molecule has 1 N–H and O–H groups in total. The van der Waals surface area contributed by atoms with Gasteiger partial charge in [0.05, 0.1) is 6.04 Å². The predicted molar refractivity (Wildman–Crippen MR) is 76.7 cm³/mol. The third kappa shape index (κ3) is 4.69. The van der Waals surface area contributed by atoms with Gasteiger partial charge in [0.15, 0.2) is 0 Å². The zero-order valence-corrected chi connectivity index (χ0v) is 13.1. The van der Waals surface area contributed by atoms with Crippen LogP contribution in [0.15, 0.2) is 22.7 Å². The van der Waals surface area contributed by atoms with Crippen molar-refractivity contribution in [3.8, 4) is 0 Å². The van der Waals surface area contributed by atoms with Crippen molar-refractivity contribution >= 4 is 22.0 Å². The maximum atomic E-state index is 11.7. The molecule has 0 unspecified atom stereocenters. The lowest BCUT2D eigenvalue weighted by molar-refractivity contribution is 0.0508. The first-order valence-corrected chi connectivity index (χ1v) is 6.74. The standard InChI is InChI=1S/C14H20BrNO2/c1-9-6-7-12(15)11(8-9)10(2)16-13(17)18-14(3,4)5/h6-8,10H,1-5H3,(H,16,17)/t10-/m0/s1. The maximum Gasteiger partial charge on any atom is 0.408 e. The summed E-state index contributed by atoms with van der Waals surface area (Å²) in [5, 5.41) is 2.83. The van der Waals surface area contributed by atoms with Gasteiger partial charge in [0, 0.05) is 4.47 Å². The molecular weight excluding hydrogens is 294 g/mol. The second-order valence-corrected chi connectivity index (χ2v) is 6.25. The van der Waals surface area contributed by atoms with Gasteiger partial charge in [-0.05, 0) is 46.2 Å². The summed E-state index contributed by atoms with van der Waals surface area (Å²) in [6.07, 6.45) is -0.400. The molecule has 100 valence electrons. The molecule has 0 aliphatic heterocycles. The number of amides is 1. The fraction of sp³-hybridized carbons (Fsp3) is 0.500. The van der Waals surface area contributed by atoms with Crippen LogP contribution in [0.1, 0.15) is 44.9 Å². The number of hydrogen-bond donors (Lipinski definition) is 1. The van der Waals surface area contributed by atoms with Crippen LogP contribution in [0.3, 0.4) is 0 Å². The van der Waals surface area contributed by atoms with E-state index in [9.17, 15) is 4.79 Å². The van der Waals surface area contributed by atoms with Crippen molar-refractivity contribution in [3.63, 3.8) is 0 Å². The third-order valence-corrected chi connectivity index (χ3v) is 3.07. The quantitative estimate of drug-likeness (QED) is 0.881. The largest absolute Gasteiger partial charge is 0.444 e. The summed E-state index contributed by atoms with van der Waals surface area (Å²) in [4.78, 5) is 11.7. The first kappa shape index (κ1) is 15.0. The van der Waals surface area contributed by atoms with Crippen LogP contribution in [0.5, 0.6) is 0 Å². The van der Waals surface area contributed by atoms with Crippen molar-refractivity contribution in [1.82, 2.24) is 5.32 Å². The van der Waals surface area contributed by atoms with Gasteiger partial charge in [-0.1, -0.05) is 33.6 Å². The molecule has 1 amide bonds. The van der Waals surface area contributed by atoms with Gasteiger partial charge in [0.25, 0.3) is 0 Å². The normalized spacial score (nSPS) is 13.0. The molecule has 1 rings (SSSR count). The molecule has 3 nitrogen and oxygen atoms in total. The second kappa shape index (κ2) is 5.74. The van der Waals surface area contributed by atoms with Crippen LogP contribution in [0.25, 0.3) is 0 Å². The van der Waals surface area contributed by atoms with Crippen LogP contribution in [-0.4, -0.2) is 11.7 Å². The number of rotatable bonds is 2. The SMILES string of the molecule is Cc1ccc(Br)c([C@H](C)NC(=O)OC(C)(C)C)c1. The van der Waals surface area contributed by atoms with Crippen LogP contribution in [0, 0.1) is 6.92 Å². The van der Waals surface area contributed by atoms with Crippen LogP contribution in [-0.2, 0) is 4.74 Å². The molecule has 0 fully saturated rings. The Labute approximate surface area is 117 Å². The Morgan fingerprint density at radius 1 is 1.39 bits per heavy atom. The zero-order valence-electron chi connectivity index (χ0n) is 11.5. The molecule has 0 saturated heterocycles. The molecule has 4 heteroatoms. The van der Waals surface area contributed by atoms with Gasteiger partial charge in [-0.15, -0.1) is 0 Å². The number of hydrogen-bond acceptors (Lipinski definition) is 2. The van der Waals surface area contributed by atoms with E-state index in [-0.39, 0.29) is 6.04 Å². The van der Waals surface area contributed by atoms with Crippen molar-refractivity contribution in [1.29, 1.82) is 0 Å². The molecule has 0 spiro atoms. The van der Waals surface area contributed by atoms with Crippen LogP contribution < -0.4 is 5.32 Å². The van der Waals surface area contributed by atoms with Crippen LogP contribution >= 0.6 is 15.9 Å². The highest BCUT2D eigenvalue weighted by atomic mass is 79.9. The van der Waals surface area contributed by atoms with Crippen LogP contribution in [0.2, 0.25) is 0 Å². The van der Waals surface area contributed by atoms with E-state index in [0.29, 0.717) is 0 Å². The lowest BCUT2D eigenvalue weighted by atomic mass is 10.1. The Kier molecular flexibility index (Phi) is 4.79. The number of aryl methyl sites for hydroxylation is 1. The Morgan fingerprint density at radius 2 is 2.00 bits per heavy atom. The van der Waals surface area contributed by atoms with Crippen molar-refractivity contribution in [2.45, 2.75) is 46.3 Å². The highest BCUT2D eigenvalue weighted by molar-refractivity contribution is 9.10. The summed E-state index contributed by atoms with van der Waals surface area (Å²) in [6.45, 7) is 9.50. The molecule has 0 aliphatic carbocycles. The lowest BCUT2D eigenvalue weighted by Crippen LogP contribution is -2.34. The molecule has 0 aliphatic rings. The van der Waals surface area contributed by atoms with Gasteiger partial charge in [-0.2, -0.15) is 0 Å². The number of halogens is 1. The van der Waals surface area contributed by atoms with Crippen molar-refractivity contribution in [3.05, 3.63) is 33.8 Å². The average molecular weight is 314 g/mol. The molecule has 1 aromatic rings. The van der Waals surface area contributed by atoms with E-state index in [0.717, 1.165) is 15.6 Å². The van der Waals surface area contributed by atoms with E-state index in [2.05, 4.69) is 21.2 Å². The Morgan fingerprint density at radius 3 is 2.56 bits per heavy atom. The summed E-state index contributed by atoms with van der Waals surface area (Å²) in [5.41, 5.74) is 1.72. The summed E-state index contributed by atoms with van der Waals surface area (Å²) in [6, 6.07) is 5.95. The highest BCUT2D eigenvalue weighted by Crippen LogP contribution is 2.24. The fourth-order valence-electron chi connectivity index (χ4n) is 1.56. The van der Waals surface area contributed by atoms with Gasteiger partial charge < -0.3 is 10.1 Å². The summed E-state index contributed by atoms with van der Waals surface area (Å²) in [7, 11) is 0. The maximum absolute atomic E-state index is 11.7.